The van der Waals surface area contributed by atoms with E-state index in [1.165, 1.54) is 0 Å². The number of hydrogen-bond acceptors (Lipinski definition) is 4. The Morgan fingerprint density at radius 2 is 1.95 bits per heavy atom. The molecule has 0 aliphatic carbocycles. The van der Waals surface area contributed by atoms with Crippen molar-refractivity contribution in [2.45, 2.75) is 33.9 Å². The van der Waals surface area contributed by atoms with Crippen LogP contribution in [0.15, 0.2) is 12.7 Å². The van der Waals surface area contributed by atoms with Crippen LogP contribution in [-0.4, -0.2) is 26.1 Å². The molecule has 0 bridgehead atoms. The summed E-state index contributed by atoms with van der Waals surface area (Å²) in [6, 6.07) is 0. The van der Waals surface area contributed by atoms with Crippen LogP contribution in [0.2, 0.25) is 0 Å². The highest BCUT2D eigenvalue weighted by Crippen LogP contribution is 2.37. The van der Waals surface area contributed by atoms with Crippen molar-refractivity contribution in [1.82, 2.24) is 19.5 Å². The quantitative estimate of drug-likeness (QED) is 0.790. The van der Waals surface area contributed by atoms with E-state index in [0.717, 1.165) is 23.5 Å². The molecule has 1 saturated heterocycles. The largest absolute Gasteiger partial charge is 0.357 e. The molecule has 0 saturated carbocycles. The van der Waals surface area contributed by atoms with Gasteiger partial charge in [0.05, 0.1) is 18.6 Å². The second-order valence-corrected chi connectivity index (χ2v) is 5.70. The fourth-order valence-corrected chi connectivity index (χ4v) is 2.82. The van der Waals surface area contributed by atoms with E-state index in [4.69, 9.17) is 4.74 Å². The Hall–Kier alpha value is -1.49. The number of ether oxygens (including phenoxy) is 1. The van der Waals surface area contributed by atoms with Gasteiger partial charge in [-0.2, -0.15) is 0 Å². The van der Waals surface area contributed by atoms with Gasteiger partial charge in [-0.15, -0.1) is 0 Å². The third kappa shape index (κ3) is 1.92. The van der Waals surface area contributed by atoms with Crippen molar-refractivity contribution >= 4 is 11.2 Å². The van der Waals surface area contributed by atoms with E-state index >= 15 is 0 Å². The van der Waals surface area contributed by atoms with Crippen LogP contribution in [0, 0.1) is 24.7 Å². The Balaban J connectivity index is 2.03. The number of aromatic nitrogens is 4. The average molecular weight is 260 g/mol. The summed E-state index contributed by atoms with van der Waals surface area (Å²) in [7, 11) is 0. The van der Waals surface area contributed by atoms with Crippen molar-refractivity contribution in [2.24, 2.45) is 17.8 Å². The SMILES string of the molecule is Cc1ncnc2c1ncn2C1OCC(C)C(C)C1C. The first-order chi connectivity index (χ1) is 9.09. The maximum Gasteiger partial charge on any atom is 0.165 e. The summed E-state index contributed by atoms with van der Waals surface area (Å²) in [6.07, 6.45) is 3.44. The third-order valence-corrected chi connectivity index (χ3v) is 4.52. The van der Waals surface area contributed by atoms with Gasteiger partial charge in [-0.1, -0.05) is 20.8 Å². The van der Waals surface area contributed by atoms with Gasteiger partial charge >= 0.3 is 0 Å². The molecule has 2 aromatic heterocycles. The van der Waals surface area contributed by atoms with Crippen molar-refractivity contribution in [3.63, 3.8) is 0 Å². The maximum absolute atomic E-state index is 6.03. The molecule has 3 heterocycles. The van der Waals surface area contributed by atoms with Gasteiger partial charge in [0.1, 0.15) is 18.1 Å². The second-order valence-electron chi connectivity index (χ2n) is 5.70. The lowest BCUT2D eigenvalue weighted by Gasteiger charge is -2.38. The lowest BCUT2D eigenvalue weighted by Crippen LogP contribution is -2.36. The molecule has 19 heavy (non-hydrogen) atoms. The zero-order valence-corrected chi connectivity index (χ0v) is 11.9. The first kappa shape index (κ1) is 12.5. The Morgan fingerprint density at radius 1 is 1.16 bits per heavy atom. The van der Waals surface area contributed by atoms with Gasteiger partial charge in [-0.3, -0.25) is 4.57 Å². The van der Waals surface area contributed by atoms with Gasteiger partial charge < -0.3 is 4.74 Å². The number of hydrogen-bond donors (Lipinski definition) is 0. The van der Waals surface area contributed by atoms with Crippen molar-refractivity contribution in [3.8, 4) is 0 Å². The summed E-state index contributed by atoms with van der Waals surface area (Å²) < 4.78 is 8.08. The lowest BCUT2D eigenvalue weighted by atomic mass is 9.82. The highest BCUT2D eigenvalue weighted by molar-refractivity contribution is 5.72. The van der Waals surface area contributed by atoms with Gasteiger partial charge in [0, 0.05) is 5.92 Å². The van der Waals surface area contributed by atoms with Crippen LogP contribution >= 0.6 is 0 Å². The Morgan fingerprint density at radius 3 is 2.74 bits per heavy atom. The monoisotopic (exact) mass is 260 g/mol. The molecule has 0 radical (unpaired) electrons. The van der Waals surface area contributed by atoms with Gasteiger partial charge in [0.25, 0.3) is 0 Å². The van der Waals surface area contributed by atoms with Crippen molar-refractivity contribution in [3.05, 3.63) is 18.3 Å². The van der Waals surface area contributed by atoms with E-state index in [1.54, 1.807) is 6.33 Å². The summed E-state index contributed by atoms with van der Waals surface area (Å²) in [5, 5.41) is 0. The number of fused-ring (bicyclic) bond motifs is 1. The molecular weight excluding hydrogens is 240 g/mol. The zero-order valence-electron chi connectivity index (χ0n) is 11.9. The first-order valence-electron chi connectivity index (χ1n) is 6.85. The van der Waals surface area contributed by atoms with Crippen LogP contribution in [-0.2, 0) is 4.74 Å². The van der Waals surface area contributed by atoms with Gasteiger partial charge in [0.15, 0.2) is 5.65 Å². The molecule has 0 spiro atoms. The van der Waals surface area contributed by atoms with E-state index in [9.17, 15) is 0 Å². The molecule has 4 atom stereocenters. The third-order valence-electron chi connectivity index (χ3n) is 4.52. The van der Waals surface area contributed by atoms with Crippen LogP contribution in [0.1, 0.15) is 32.7 Å². The fourth-order valence-electron chi connectivity index (χ4n) is 2.82. The summed E-state index contributed by atoms with van der Waals surface area (Å²) in [5.74, 6) is 1.66. The number of aryl methyl sites for hydroxylation is 1. The molecule has 3 rings (SSSR count). The molecule has 1 aliphatic rings. The summed E-state index contributed by atoms with van der Waals surface area (Å²) in [5.41, 5.74) is 2.64. The van der Waals surface area contributed by atoms with Crippen LogP contribution in [0.3, 0.4) is 0 Å². The Labute approximate surface area is 113 Å². The fraction of sp³-hybridized carbons (Fsp3) is 0.643. The van der Waals surface area contributed by atoms with E-state index < -0.39 is 0 Å². The predicted octanol–water partition coefficient (Wildman–Crippen LogP) is 2.57. The predicted molar refractivity (Wildman–Crippen MR) is 72.5 cm³/mol. The molecular formula is C14H20N4O. The van der Waals surface area contributed by atoms with Gasteiger partial charge in [0.2, 0.25) is 0 Å². The molecule has 1 fully saturated rings. The lowest BCUT2D eigenvalue weighted by molar-refractivity contribution is -0.115. The molecule has 4 unspecified atom stereocenters. The number of imidazole rings is 1. The highest BCUT2D eigenvalue weighted by Gasteiger charge is 2.34. The Bertz CT molecular complexity index is 594. The Kier molecular flexibility index (Phi) is 3.01. The molecule has 0 N–H and O–H groups in total. The van der Waals surface area contributed by atoms with Crippen molar-refractivity contribution < 1.29 is 4.74 Å². The van der Waals surface area contributed by atoms with E-state index in [1.807, 2.05) is 13.3 Å². The van der Waals surface area contributed by atoms with Crippen LogP contribution in [0.4, 0.5) is 0 Å². The highest BCUT2D eigenvalue weighted by atomic mass is 16.5. The van der Waals surface area contributed by atoms with Crippen LogP contribution < -0.4 is 0 Å². The first-order valence-corrected chi connectivity index (χ1v) is 6.85. The van der Waals surface area contributed by atoms with Gasteiger partial charge in [-0.05, 0) is 18.8 Å². The normalized spacial score (nSPS) is 31.8. The van der Waals surface area contributed by atoms with Crippen molar-refractivity contribution in [2.75, 3.05) is 6.61 Å². The average Bonchev–Trinajstić information content (AvgIpc) is 2.82. The maximum atomic E-state index is 6.03. The van der Waals surface area contributed by atoms with E-state index in [0.29, 0.717) is 17.8 Å². The van der Waals surface area contributed by atoms with Crippen LogP contribution in [0.5, 0.6) is 0 Å². The summed E-state index contributed by atoms with van der Waals surface area (Å²) in [6.45, 7) is 9.53. The molecule has 102 valence electrons. The van der Waals surface area contributed by atoms with Gasteiger partial charge in [-0.25, -0.2) is 15.0 Å². The standard InChI is InChI=1S/C14H20N4O/c1-8-5-19-14(10(3)9(8)2)18-7-17-12-11(4)15-6-16-13(12)18/h6-10,14H,5H2,1-4H3. The second kappa shape index (κ2) is 4.56. The smallest absolute Gasteiger partial charge is 0.165 e. The summed E-state index contributed by atoms with van der Waals surface area (Å²) >= 11 is 0. The minimum Gasteiger partial charge on any atom is -0.357 e. The minimum atomic E-state index is 0.0190. The van der Waals surface area contributed by atoms with Crippen LogP contribution in [0.25, 0.3) is 11.2 Å². The van der Waals surface area contributed by atoms with E-state index in [2.05, 4.69) is 40.3 Å². The molecule has 0 aromatic carbocycles. The minimum absolute atomic E-state index is 0.0190. The number of rotatable bonds is 1. The molecule has 0 amide bonds. The van der Waals surface area contributed by atoms with Crippen molar-refractivity contribution in [1.29, 1.82) is 0 Å². The topological polar surface area (TPSA) is 52.8 Å². The van der Waals surface area contributed by atoms with E-state index in [-0.39, 0.29) is 6.23 Å². The molecule has 1 aliphatic heterocycles. The zero-order chi connectivity index (χ0) is 13.6. The molecule has 2 aromatic rings. The number of nitrogens with zero attached hydrogens (tertiary/aromatic N) is 4. The molecule has 5 heteroatoms. The summed E-state index contributed by atoms with van der Waals surface area (Å²) in [4.78, 5) is 13.0. The molecule has 5 nitrogen and oxygen atoms in total.